The number of nitrogens with zero attached hydrogens (tertiary/aromatic N) is 2. The molecule has 0 aliphatic heterocycles. The van der Waals surface area contributed by atoms with E-state index >= 15 is 0 Å². The van der Waals surface area contributed by atoms with E-state index in [1.165, 1.54) is 42.5 Å². The van der Waals surface area contributed by atoms with E-state index in [0.717, 1.165) is 16.1 Å². The number of sulfonamides is 1. The second-order valence-corrected chi connectivity index (χ2v) is 8.80. The molecule has 0 unspecified atom stereocenters. The van der Waals surface area contributed by atoms with Gasteiger partial charge in [-0.05, 0) is 48.0 Å². The van der Waals surface area contributed by atoms with E-state index in [4.69, 9.17) is 5.26 Å². The minimum absolute atomic E-state index is 0.161. The molecule has 1 N–H and O–H groups in total. The molecule has 0 aromatic heterocycles. The molecule has 158 valence electrons. The van der Waals surface area contributed by atoms with E-state index in [9.17, 15) is 17.6 Å². The molecule has 0 heterocycles. The van der Waals surface area contributed by atoms with Gasteiger partial charge in [-0.25, -0.2) is 12.8 Å². The monoisotopic (exact) mass is 437 g/mol. The Morgan fingerprint density at radius 3 is 2.26 bits per heavy atom. The molecule has 1 amide bonds. The highest BCUT2D eigenvalue weighted by Crippen LogP contribution is 2.23. The Labute approximate surface area is 180 Å². The summed E-state index contributed by atoms with van der Waals surface area (Å²) in [5, 5.41) is 11.5. The van der Waals surface area contributed by atoms with Crippen molar-refractivity contribution in [2.45, 2.75) is 13.0 Å². The molecular formula is C23H20FN3O3S. The van der Waals surface area contributed by atoms with Gasteiger partial charge in [0.25, 0.3) is 5.91 Å². The smallest absolute Gasteiger partial charge is 0.255 e. The van der Waals surface area contributed by atoms with Crippen LogP contribution in [0, 0.1) is 17.1 Å². The summed E-state index contributed by atoms with van der Waals surface area (Å²) >= 11 is 0. The van der Waals surface area contributed by atoms with Gasteiger partial charge >= 0.3 is 0 Å². The van der Waals surface area contributed by atoms with Crippen LogP contribution in [0.2, 0.25) is 0 Å². The predicted octanol–water partition coefficient (Wildman–Crippen LogP) is 4.11. The molecule has 6 nitrogen and oxygen atoms in total. The minimum atomic E-state index is -3.68. The molecule has 3 aromatic carbocycles. The van der Waals surface area contributed by atoms with Crippen molar-refractivity contribution in [1.82, 2.24) is 0 Å². The Hall–Kier alpha value is -3.70. The molecule has 0 aliphatic carbocycles. The third-order valence-electron chi connectivity index (χ3n) is 4.58. The molecule has 0 bridgehead atoms. The highest BCUT2D eigenvalue weighted by Gasteiger charge is 2.20. The van der Waals surface area contributed by atoms with Crippen molar-refractivity contribution in [3.05, 3.63) is 95.3 Å². The van der Waals surface area contributed by atoms with Crippen LogP contribution in [0.15, 0.2) is 72.8 Å². The Morgan fingerprint density at radius 2 is 1.68 bits per heavy atom. The number of rotatable bonds is 7. The molecule has 0 atom stereocenters. The Bertz CT molecular complexity index is 1220. The second kappa shape index (κ2) is 9.41. The van der Waals surface area contributed by atoms with Crippen LogP contribution in [0.25, 0.3) is 0 Å². The highest BCUT2D eigenvalue weighted by molar-refractivity contribution is 7.92. The van der Waals surface area contributed by atoms with Crippen LogP contribution in [0.5, 0.6) is 0 Å². The van der Waals surface area contributed by atoms with E-state index in [1.807, 2.05) is 0 Å². The molecule has 0 saturated carbocycles. The summed E-state index contributed by atoms with van der Waals surface area (Å²) in [5.41, 5.74) is 2.33. The van der Waals surface area contributed by atoms with Gasteiger partial charge in [-0.1, -0.05) is 30.3 Å². The van der Waals surface area contributed by atoms with Gasteiger partial charge in [0.15, 0.2) is 0 Å². The molecule has 0 radical (unpaired) electrons. The molecule has 31 heavy (non-hydrogen) atoms. The molecule has 0 aliphatic rings. The molecular weight excluding hydrogens is 417 g/mol. The SMILES string of the molecule is CS(=O)(=O)N(Cc1ccccc1F)c1ccc(C(=O)Nc2ccc(CC#N)cc2)cc1. The number of nitriles is 1. The molecule has 0 spiro atoms. The van der Waals surface area contributed by atoms with Crippen molar-refractivity contribution < 1.29 is 17.6 Å². The summed E-state index contributed by atoms with van der Waals surface area (Å²) in [4.78, 5) is 12.5. The molecule has 8 heteroatoms. The number of benzene rings is 3. The van der Waals surface area contributed by atoms with Crippen LogP contribution < -0.4 is 9.62 Å². The summed E-state index contributed by atoms with van der Waals surface area (Å²) in [7, 11) is -3.68. The summed E-state index contributed by atoms with van der Waals surface area (Å²) < 4.78 is 39.7. The maximum Gasteiger partial charge on any atom is 0.255 e. The molecule has 0 saturated heterocycles. The number of amides is 1. The van der Waals surface area contributed by atoms with Crippen molar-refractivity contribution in [1.29, 1.82) is 5.26 Å². The zero-order valence-electron chi connectivity index (χ0n) is 16.7. The lowest BCUT2D eigenvalue weighted by Gasteiger charge is -2.23. The van der Waals surface area contributed by atoms with Crippen LogP contribution >= 0.6 is 0 Å². The van der Waals surface area contributed by atoms with Gasteiger partial charge in [-0.3, -0.25) is 9.10 Å². The van der Waals surface area contributed by atoms with Gasteiger partial charge in [0.2, 0.25) is 10.0 Å². The van der Waals surface area contributed by atoms with Crippen molar-refractivity contribution >= 4 is 27.3 Å². The summed E-state index contributed by atoms with van der Waals surface area (Å²) in [6, 6.07) is 21.0. The largest absolute Gasteiger partial charge is 0.322 e. The van der Waals surface area contributed by atoms with E-state index < -0.39 is 15.8 Å². The predicted molar refractivity (Wildman–Crippen MR) is 118 cm³/mol. The van der Waals surface area contributed by atoms with Gasteiger partial charge in [-0.2, -0.15) is 5.26 Å². The fraction of sp³-hybridized carbons (Fsp3) is 0.130. The van der Waals surface area contributed by atoms with E-state index in [0.29, 0.717) is 23.4 Å². The first-order chi connectivity index (χ1) is 14.8. The third-order valence-corrected chi connectivity index (χ3v) is 5.73. The van der Waals surface area contributed by atoms with E-state index in [1.54, 1.807) is 30.3 Å². The minimum Gasteiger partial charge on any atom is -0.322 e. The van der Waals surface area contributed by atoms with Gasteiger partial charge in [0, 0.05) is 16.8 Å². The van der Waals surface area contributed by atoms with Crippen LogP contribution in [-0.4, -0.2) is 20.6 Å². The van der Waals surface area contributed by atoms with Gasteiger partial charge in [0.05, 0.1) is 31.0 Å². The summed E-state index contributed by atoms with van der Waals surface area (Å²) in [6.07, 6.45) is 1.34. The van der Waals surface area contributed by atoms with Gasteiger partial charge in [0.1, 0.15) is 5.82 Å². The lowest BCUT2D eigenvalue weighted by atomic mass is 10.1. The maximum absolute atomic E-state index is 14.0. The van der Waals surface area contributed by atoms with Gasteiger partial charge < -0.3 is 5.32 Å². The average Bonchev–Trinajstić information content (AvgIpc) is 2.74. The molecule has 3 aromatic rings. The van der Waals surface area contributed by atoms with Gasteiger partial charge in [-0.15, -0.1) is 0 Å². The fourth-order valence-corrected chi connectivity index (χ4v) is 3.84. The number of carbonyl (C=O) groups excluding carboxylic acids is 1. The number of carbonyl (C=O) groups is 1. The zero-order valence-corrected chi connectivity index (χ0v) is 17.6. The highest BCUT2D eigenvalue weighted by atomic mass is 32.2. The normalized spacial score (nSPS) is 10.9. The first kappa shape index (κ1) is 22.0. The maximum atomic E-state index is 14.0. The Morgan fingerprint density at radius 1 is 1.03 bits per heavy atom. The number of hydrogen-bond acceptors (Lipinski definition) is 4. The van der Waals surface area contributed by atoms with Crippen LogP contribution in [0.4, 0.5) is 15.8 Å². The topological polar surface area (TPSA) is 90.3 Å². The Kier molecular flexibility index (Phi) is 6.68. The Balaban J connectivity index is 1.77. The number of nitrogens with one attached hydrogen (secondary N) is 1. The lowest BCUT2D eigenvalue weighted by Crippen LogP contribution is -2.29. The summed E-state index contributed by atoms with van der Waals surface area (Å²) in [6.45, 7) is -0.161. The van der Waals surface area contributed by atoms with E-state index in [-0.39, 0.29) is 18.0 Å². The van der Waals surface area contributed by atoms with E-state index in [2.05, 4.69) is 11.4 Å². The fourth-order valence-electron chi connectivity index (χ4n) is 2.96. The number of anilines is 2. The summed E-state index contributed by atoms with van der Waals surface area (Å²) in [5.74, 6) is -0.854. The first-order valence-electron chi connectivity index (χ1n) is 9.36. The van der Waals surface area contributed by atoms with Crippen molar-refractivity contribution in [2.75, 3.05) is 15.9 Å². The quantitative estimate of drug-likeness (QED) is 0.602. The molecule has 0 fully saturated rings. The van der Waals surface area contributed by atoms with Crippen molar-refractivity contribution in [3.8, 4) is 6.07 Å². The standard InChI is InChI=1S/C23H20FN3O3S/c1-31(29,30)27(16-19-4-2-3-5-22(19)24)21-12-8-18(9-13-21)23(28)26-20-10-6-17(7-11-20)14-15-25/h2-13H,14,16H2,1H3,(H,26,28). The van der Waals surface area contributed by atoms with Crippen LogP contribution in [0.3, 0.4) is 0 Å². The van der Waals surface area contributed by atoms with Crippen LogP contribution in [-0.2, 0) is 23.0 Å². The molecule has 3 rings (SSSR count). The second-order valence-electron chi connectivity index (χ2n) is 6.89. The number of hydrogen-bond donors (Lipinski definition) is 1. The lowest BCUT2D eigenvalue weighted by molar-refractivity contribution is 0.102. The zero-order chi connectivity index (χ0) is 22.4. The third kappa shape index (κ3) is 5.68. The van der Waals surface area contributed by atoms with Crippen molar-refractivity contribution in [2.24, 2.45) is 0 Å². The van der Waals surface area contributed by atoms with Crippen molar-refractivity contribution in [3.63, 3.8) is 0 Å². The first-order valence-corrected chi connectivity index (χ1v) is 11.2. The average molecular weight is 437 g/mol. The number of halogens is 1. The van der Waals surface area contributed by atoms with Crippen LogP contribution in [0.1, 0.15) is 21.5 Å².